The van der Waals surface area contributed by atoms with E-state index in [9.17, 15) is 4.79 Å². The van der Waals surface area contributed by atoms with E-state index in [0.717, 1.165) is 17.8 Å². The first-order valence-corrected chi connectivity index (χ1v) is 6.49. The van der Waals surface area contributed by atoms with E-state index in [-0.39, 0.29) is 11.9 Å². The van der Waals surface area contributed by atoms with Gasteiger partial charge in [0.25, 0.3) is 5.91 Å². The molecule has 4 heteroatoms. The fourth-order valence-corrected chi connectivity index (χ4v) is 1.84. The van der Waals surface area contributed by atoms with Gasteiger partial charge < -0.3 is 10.2 Å². The number of rotatable bonds is 5. The summed E-state index contributed by atoms with van der Waals surface area (Å²) in [5.41, 5.74) is 2.55. The largest absolute Gasteiger partial charge is 0.385 e. The highest BCUT2D eigenvalue weighted by Crippen LogP contribution is 2.20. The average molecular weight is 259 g/mol. The summed E-state index contributed by atoms with van der Waals surface area (Å²) in [4.78, 5) is 14.1. The second-order valence-corrected chi connectivity index (χ2v) is 4.71. The number of benzene rings is 1. The molecule has 1 rings (SSSR count). The summed E-state index contributed by atoms with van der Waals surface area (Å²) in [7, 11) is 1.74. The minimum Gasteiger partial charge on any atom is -0.385 e. The van der Waals surface area contributed by atoms with Crippen LogP contribution in [0.25, 0.3) is 0 Å². The summed E-state index contributed by atoms with van der Waals surface area (Å²) in [5, 5.41) is 11.9. The third-order valence-corrected chi connectivity index (χ3v) is 3.14. The van der Waals surface area contributed by atoms with Crippen molar-refractivity contribution in [1.29, 1.82) is 5.26 Å². The molecule has 19 heavy (non-hydrogen) atoms. The molecule has 0 saturated heterocycles. The van der Waals surface area contributed by atoms with Crippen LogP contribution in [0.3, 0.4) is 0 Å². The zero-order valence-electron chi connectivity index (χ0n) is 12.0. The van der Waals surface area contributed by atoms with E-state index >= 15 is 0 Å². The van der Waals surface area contributed by atoms with Crippen molar-refractivity contribution in [1.82, 2.24) is 4.90 Å². The standard InChI is InChI=1S/C15H21N3O/c1-5-17-14-7-6-11(2)10-13(14)15(19)18(4)12(3)8-9-16/h6-7,10,12,17H,5,8H2,1-4H3. The minimum atomic E-state index is -0.0903. The number of nitrogens with one attached hydrogen (secondary N) is 1. The molecular formula is C15H21N3O. The fourth-order valence-electron chi connectivity index (χ4n) is 1.84. The molecule has 1 unspecified atom stereocenters. The number of amides is 1. The molecule has 0 aromatic heterocycles. The van der Waals surface area contributed by atoms with Crippen LogP contribution in [0.1, 0.15) is 36.2 Å². The molecule has 0 aliphatic carbocycles. The van der Waals surface area contributed by atoms with Crippen molar-refractivity contribution in [3.05, 3.63) is 29.3 Å². The van der Waals surface area contributed by atoms with Crippen molar-refractivity contribution < 1.29 is 4.79 Å². The van der Waals surface area contributed by atoms with Gasteiger partial charge in [-0.25, -0.2) is 0 Å². The molecule has 0 heterocycles. The van der Waals surface area contributed by atoms with Gasteiger partial charge in [0.05, 0.1) is 18.1 Å². The van der Waals surface area contributed by atoms with Gasteiger partial charge in [0, 0.05) is 25.3 Å². The van der Waals surface area contributed by atoms with Crippen LogP contribution >= 0.6 is 0 Å². The highest BCUT2D eigenvalue weighted by molar-refractivity contribution is 5.99. The topological polar surface area (TPSA) is 56.1 Å². The molecule has 0 saturated carbocycles. The first-order valence-electron chi connectivity index (χ1n) is 6.49. The predicted molar refractivity (Wildman–Crippen MR) is 77.1 cm³/mol. The summed E-state index contributed by atoms with van der Waals surface area (Å²) >= 11 is 0. The predicted octanol–water partition coefficient (Wildman–Crippen LogP) is 2.80. The third kappa shape index (κ3) is 3.72. The molecule has 4 nitrogen and oxygen atoms in total. The van der Waals surface area contributed by atoms with Crippen molar-refractivity contribution >= 4 is 11.6 Å². The first kappa shape index (κ1) is 15.0. The molecule has 0 spiro atoms. The van der Waals surface area contributed by atoms with Crippen LogP contribution in [0.15, 0.2) is 18.2 Å². The zero-order chi connectivity index (χ0) is 14.4. The molecule has 102 valence electrons. The van der Waals surface area contributed by atoms with Crippen LogP contribution in [0.2, 0.25) is 0 Å². The van der Waals surface area contributed by atoms with Gasteiger partial charge in [-0.1, -0.05) is 11.6 Å². The van der Waals surface area contributed by atoms with Crippen molar-refractivity contribution in [2.45, 2.75) is 33.2 Å². The highest BCUT2D eigenvalue weighted by Gasteiger charge is 2.20. The molecule has 1 N–H and O–H groups in total. The Morgan fingerprint density at radius 1 is 1.53 bits per heavy atom. The summed E-state index contributed by atoms with van der Waals surface area (Å²) in [6.07, 6.45) is 0.338. The molecule has 0 aliphatic heterocycles. The van der Waals surface area contributed by atoms with E-state index in [1.165, 1.54) is 0 Å². The maximum absolute atomic E-state index is 12.5. The number of aryl methyl sites for hydroxylation is 1. The van der Waals surface area contributed by atoms with Crippen LogP contribution in [-0.4, -0.2) is 30.4 Å². The summed E-state index contributed by atoms with van der Waals surface area (Å²) in [6.45, 7) is 6.60. The molecule has 1 amide bonds. The van der Waals surface area contributed by atoms with Gasteiger partial charge in [0.15, 0.2) is 0 Å². The molecule has 0 aliphatic rings. The smallest absolute Gasteiger partial charge is 0.255 e. The van der Waals surface area contributed by atoms with Crippen molar-refractivity contribution in [2.75, 3.05) is 18.9 Å². The minimum absolute atomic E-state index is 0.0533. The number of hydrogen-bond donors (Lipinski definition) is 1. The van der Waals surface area contributed by atoms with Gasteiger partial charge >= 0.3 is 0 Å². The number of anilines is 1. The van der Waals surface area contributed by atoms with Gasteiger partial charge in [0.1, 0.15) is 0 Å². The van der Waals surface area contributed by atoms with Crippen LogP contribution in [0.5, 0.6) is 0 Å². The van der Waals surface area contributed by atoms with Gasteiger partial charge in [-0.15, -0.1) is 0 Å². The SMILES string of the molecule is CCNc1ccc(C)cc1C(=O)N(C)C(C)CC#N. The van der Waals surface area contributed by atoms with Gasteiger partial charge in [-0.3, -0.25) is 4.79 Å². The molecule has 0 fully saturated rings. The molecular weight excluding hydrogens is 238 g/mol. The number of nitriles is 1. The Morgan fingerprint density at radius 3 is 2.79 bits per heavy atom. The number of carbonyl (C=O) groups excluding carboxylic acids is 1. The van der Waals surface area contributed by atoms with Crippen LogP contribution in [-0.2, 0) is 0 Å². The number of hydrogen-bond acceptors (Lipinski definition) is 3. The average Bonchev–Trinajstić information content (AvgIpc) is 2.39. The molecule has 1 aromatic carbocycles. The summed E-state index contributed by atoms with van der Waals surface area (Å²) in [5.74, 6) is -0.0533. The Morgan fingerprint density at radius 2 is 2.21 bits per heavy atom. The van der Waals surface area contributed by atoms with E-state index in [1.54, 1.807) is 11.9 Å². The summed E-state index contributed by atoms with van der Waals surface area (Å²) in [6, 6.07) is 7.80. The Bertz CT molecular complexity index is 491. The van der Waals surface area contributed by atoms with E-state index < -0.39 is 0 Å². The van der Waals surface area contributed by atoms with E-state index in [1.807, 2.05) is 39.0 Å². The normalized spacial score (nSPS) is 11.5. The maximum Gasteiger partial charge on any atom is 0.255 e. The van der Waals surface area contributed by atoms with Crippen LogP contribution in [0, 0.1) is 18.3 Å². The Kier molecular flexibility index (Phi) is 5.37. The Balaban J connectivity index is 3.04. The lowest BCUT2D eigenvalue weighted by atomic mass is 10.1. The molecule has 1 aromatic rings. The number of nitrogens with zero attached hydrogens (tertiary/aromatic N) is 2. The van der Waals surface area contributed by atoms with Gasteiger partial charge in [-0.05, 0) is 32.9 Å². The second-order valence-electron chi connectivity index (χ2n) is 4.71. The number of carbonyl (C=O) groups is 1. The lowest BCUT2D eigenvalue weighted by Gasteiger charge is -2.24. The maximum atomic E-state index is 12.5. The van der Waals surface area contributed by atoms with Gasteiger partial charge in [0.2, 0.25) is 0 Å². The highest BCUT2D eigenvalue weighted by atomic mass is 16.2. The van der Waals surface area contributed by atoms with E-state index in [2.05, 4.69) is 11.4 Å². The molecule has 0 radical (unpaired) electrons. The molecule has 1 atom stereocenters. The van der Waals surface area contributed by atoms with Gasteiger partial charge in [-0.2, -0.15) is 5.26 Å². The monoisotopic (exact) mass is 259 g/mol. The van der Waals surface area contributed by atoms with Crippen molar-refractivity contribution in [3.63, 3.8) is 0 Å². The summed E-state index contributed by atoms with van der Waals surface area (Å²) < 4.78 is 0. The van der Waals surface area contributed by atoms with Crippen molar-refractivity contribution in [3.8, 4) is 6.07 Å². The van der Waals surface area contributed by atoms with Crippen LogP contribution in [0.4, 0.5) is 5.69 Å². The van der Waals surface area contributed by atoms with E-state index in [4.69, 9.17) is 5.26 Å². The lowest BCUT2D eigenvalue weighted by molar-refractivity contribution is 0.0747. The second kappa shape index (κ2) is 6.79. The zero-order valence-corrected chi connectivity index (χ0v) is 12.0. The Hall–Kier alpha value is -2.02. The third-order valence-electron chi connectivity index (χ3n) is 3.14. The molecule has 0 bridgehead atoms. The van der Waals surface area contributed by atoms with Crippen LogP contribution < -0.4 is 5.32 Å². The first-order chi connectivity index (χ1) is 9.01. The van der Waals surface area contributed by atoms with E-state index in [0.29, 0.717) is 12.0 Å². The van der Waals surface area contributed by atoms with Crippen molar-refractivity contribution in [2.24, 2.45) is 0 Å². The lowest BCUT2D eigenvalue weighted by Crippen LogP contribution is -2.35. The fraction of sp³-hybridized carbons (Fsp3) is 0.467. The Labute approximate surface area is 115 Å². The quantitative estimate of drug-likeness (QED) is 0.884.